The van der Waals surface area contributed by atoms with Crippen molar-refractivity contribution < 1.29 is 14.3 Å². The Morgan fingerprint density at radius 3 is 2.46 bits per heavy atom. The standard InChI is InChI=1S/C29H26N2O4S2/c1-4-34-21-13-11-20(12-14-21)26-24(28(33)35-5-2)25(19-9-7-6-8-10-19)30-29-31(26)27(32)23(37-29)17-22-18(3)15-16-36-22/h6-17,26H,4-5H2,1-3H3/b23-17-/t26-/m0/s1. The summed E-state index contributed by atoms with van der Waals surface area (Å²) in [7, 11) is 0. The topological polar surface area (TPSA) is 69.9 Å². The molecule has 0 unspecified atom stereocenters. The number of ether oxygens (including phenoxy) is 2. The Morgan fingerprint density at radius 2 is 1.81 bits per heavy atom. The van der Waals surface area contributed by atoms with Crippen LogP contribution in [0.3, 0.4) is 0 Å². The minimum Gasteiger partial charge on any atom is -0.494 e. The van der Waals surface area contributed by atoms with Gasteiger partial charge in [-0.15, -0.1) is 11.3 Å². The van der Waals surface area contributed by atoms with Gasteiger partial charge in [-0.25, -0.2) is 9.79 Å². The highest BCUT2D eigenvalue weighted by atomic mass is 32.1. The van der Waals surface area contributed by atoms with Crippen LogP contribution in [0.5, 0.6) is 5.75 Å². The van der Waals surface area contributed by atoms with Crippen LogP contribution in [0.1, 0.15) is 41.5 Å². The average Bonchev–Trinajstić information content (AvgIpc) is 3.46. The van der Waals surface area contributed by atoms with Crippen molar-refractivity contribution in [3.8, 4) is 5.75 Å². The highest BCUT2D eigenvalue weighted by Gasteiger charge is 2.35. The number of benzene rings is 2. The lowest BCUT2D eigenvalue weighted by molar-refractivity contribution is -0.138. The zero-order chi connectivity index (χ0) is 25.9. The molecule has 4 aromatic rings. The number of carbonyl (C=O) groups is 1. The van der Waals surface area contributed by atoms with Crippen LogP contribution in [-0.2, 0) is 9.53 Å². The van der Waals surface area contributed by atoms with Gasteiger partial charge in [0, 0.05) is 10.4 Å². The molecule has 3 heterocycles. The van der Waals surface area contributed by atoms with Gasteiger partial charge >= 0.3 is 5.97 Å². The highest BCUT2D eigenvalue weighted by Crippen LogP contribution is 2.35. The molecule has 0 saturated carbocycles. The number of hydrogen-bond acceptors (Lipinski definition) is 7. The second kappa shape index (κ2) is 10.7. The number of esters is 1. The van der Waals surface area contributed by atoms with Crippen LogP contribution in [0.15, 0.2) is 81.4 Å². The Bertz CT molecular complexity index is 1640. The fourth-order valence-electron chi connectivity index (χ4n) is 4.32. The first-order valence-electron chi connectivity index (χ1n) is 12.1. The van der Waals surface area contributed by atoms with Crippen molar-refractivity contribution in [2.75, 3.05) is 13.2 Å². The maximum absolute atomic E-state index is 13.9. The van der Waals surface area contributed by atoms with Gasteiger partial charge in [0.1, 0.15) is 5.75 Å². The number of thiophene rings is 1. The third kappa shape index (κ3) is 4.82. The summed E-state index contributed by atoms with van der Waals surface area (Å²) in [5.74, 6) is 0.226. The fourth-order valence-corrected chi connectivity index (χ4v) is 6.24. The summed E-state index contributed by atoms with van der Waals surface area (Å²) >= 11 is 2.91. The molecule has 8 heteroatoms. The van der Waals surface area contributed by atoms with Gasteiger partial charge in [-0.05, 0) is 61.6 Å². The van der Waals surface area contributed by atoms with Gasteiger partial charge in [-0.2, -0.15) is 0 Å². The molecule has 0 fully saturated rings. The van der Waals surface area contributed by atoms with Crippen molar-refractivity contribution in [3.63, 3.8) is 0 Å². The molecule has 1 aliphatic rings. The van der Waals surface area contributed by atoms with Gasteiger partial charge < -0.3 is 9.47 Å². The molecule has 0 amide bonds. The Kier molecular flexibility index (Phi) is 7.21. The SMILES string of the molecule is CCOC(=O)C1=C(c2ccccc2)N=c2s/c(=C\c3sccc3C)c(=O)n2[C@H]1c1ccc(OCC)cc1. The highest BCUT2D eigenvalue weighted by molar-refractivity contribution is 7.11. The van der Waals surface area contributed by atoms with Gasteiger partial charge in [0.25, 0.3) is 5.56 Å². The molecule has 0 aliphatic carbocycles. The van der Waals surface area contributed by atoms with E-state index in [1.54, 1.807) is 22.8 Å². The van der Waals surface area contributed by atoms with Gasteiger partial charge in [-0.1, -0.05) is 53.8 Å². The van der Waals surface area contributed by atoms with E-state index in [-0.39, 0.29) is 12.2 Å². The number of fused-ring (bicyclic) bond motifs is 1. The Morgan fingerprint density at radius 1 is 1.05 bits per heavy atom. The number of hydrogen-bond donors (Lipinski definition) is 0. The number of rotatable bonds is 7. The van der Waals surface area contributed by atoms with Crippen molar-refractivity contribution in [1.29, 1.82) is 0 Å². The van der Waals surface area contributed by atoms with Gasteiger partial charge in [0.15, 0.2) is 4.80 Å². The predicted octanol–water partition coefficient (Wildman–Crippen LogP) is 4.70. The molecule has 0 N–H and O–H groups in total. The van der Waals surface area contributed by atoms with E-state index in [0.717, 1.165) is 27.3 Å². The normalized spacial score (nSPS) is 15.3. The van der Waals surface area contributed by atoms with E-state index < -0.39 is 12.0 Å². The second-order valence-electron chi connectivity index (χ2n) is 8.40. The van der Waals surface area contributed by atoms with E-state index >= 15 is 0 Å². The summed E-state index contributed by atoms with van der Waals surface area (Å²) in [6.45, 7) is 6.47. The van der Waals surface area contributed by atoms with Crippen LogP contribution < -0.4 is 19.6 Å². The third-order valence-corrected chi connectivity index (χ3v) is 7.99. The van der Waals surface area contributed by atoms with Crippen LogP contribution in [0.4, 0.5) is 0 Å². The maximum atomic E-state index is 13.9. The van der Waals surface area contributed by atoms with Gasteiger partial charge in [0.2, 0.25) is 0 Å². The Balaban J connectivity index is 1.81. The molecular weight excluding hydrogens is 504 g/mol. The minimum absolute atomic E-state index is 0.190. The molecular formula is C29H26N2O4S2. The smallest absolute Gasteiger partial charge is 0.338 e. The molecule has 0 bridgehead atoms. The molecule has 2 aromatic carbocycles. The van der Waals surface area contributed by atoms with Gasteiger partial charge in [-0.3, -0.25) is 9.36 Å². The number of thiazole rings is 1. The molecule has 188 valence electrons. The van der Waals surface area contributed by atoms with Gasteiger partial charge in [0.05, 0.1) is 35.1 Å². The Labute approximate surface area is 222 Å². The first-order valence-corrected chi connectivity index (χ1v) is 13.8. The van der Waals surface area contributed by atoms with Crippen LogP contribution in [0, 0.1) is 6.92 Å². The first kappa shape index (κ1) is 24.9. The van der Waals surface area contributed by atoms with E-state index in [4.69, 9.17) is 14.5 Å². The quantitative estimate of drug-likeness (QED) is 0.325. The molecule has 5 rings (SSSR count). The maximum Gasteiger partial charge on any atom is 0.338 e. The van der Waals surface area contributed by atoms with E-state index in [1.165, 1.54) is 11.3 Å². The summed E-state index contributed by atoms with van der Waals surface area (Å²) < 4.78 is 13.3. The molecule has 0 spiro atoms. The largest absolute Gasteiger partial charge is 0.494 e. The van der Waals surface area contributed by atoms with E-state index in [0.29, 0.717) is 27.2 Å². The summed E-state index contributed by atoms with van der Waals surface area (Å²) in [5, 5.41) is 2.01. The fraction of sp³-hybridized carbons (Fsp3) is 0.207. The summed E-state index contributed by atoms with van der Waals surface area (Å²) in [6, 6.07) is 18.4. The van der Waals surface area contributed by atoms with Crippen LogP contribution in [-0.4, -0.2) is 23.8 Å². The molecule has 1 atom stereocenters. The summed E-state index contributed by atoms with van der Waals surface area (Å²) in [4.78, 5) is 33.8. The molecule has 37 heavy (non-hydrogen) atoms. The van der Waals surface area contributed by atoms with Crippen molar-refractivity contribution in [2.45, 2.75) is 26.8 Å². The molecule has 0 saturated heterocycles. The van der Waals surface area contributed by atoms with E-state index in [2.05, 4.69) is 0 Å². The lowest BCUT2D eigenvalue weighted by Gasteiger charge is -2.26. The zero-order valence-electron chi connectivity index (χ0n) is 20.8. The summed E-state index contributed by atoms with van der Waals surface area (Å²) in [6.07, 6.45) is 1.91. The lowest BCUT2D eigenvalue weighted by Crippen LogP contribution is -2.40. The second-order valence-corrected chi connectivity index (χ2v) is 10.4. The monoisotopic (exact) mass is 530 g/mol. The number of carbonyl (C=O) groups excluding carboxylic acids is 1. The van der Waals surface area contributed by atoms with E-state index in [1.807, 2.05) is 86.0 Å². The number of nitrogens with zero attached hydrogens (tertiary/aromatic N) is 2. The zero-order valence-corrected chi connectivity index (χ0v) is 22.4. The average molecular weight is 531 g/mol. The van der Waals surface area contributed by atoms with Crippen molar-refractivity contribution in [3.05, 3.63) is 113 Å². The summed E-state index contributed by atoms with van der Waals surface area (Å²) in [5.41, 5.74) is 3.32. The Hall–Kier alpha value is -3.75. The predicted molar refractivity (Wildman–Crippen MR) is 148 cm³/mol. The molecule has 2 aromatic heterocycles. The van der Waals surface area contributed by atoms with Crippen molar-refractivity contribution >= 4 is 40.4 Å². The number of aromatic nitrogens is 1. The van der Waals surface area contributed by atoms with Crippen molar-refractivity contribution in [2.24, 2.45) is 4.99 Å². The number of aryl methyl sites for hydroxylation is 1. The molecule has 6 nitrogen and oxygen atoms in total. The molecule has 0 radical (unpaired) electrons. The van der Waals surface area contributed by atoms with Crippen molar-refractivity contribution in [1.82, 2.24) is 4.57 Å². The van der Waals surface area contributed by atoms with Crippen LogP contribution in [0.25, 0.3) is 11.8 Å². The van der Waals surface area contributed by atoms with Crippen LogP contribution in [0.2, 0.25) is 0 Å². The molecule has 1 aliphatic heterocycles. The van der Waals surface area contributed by atoms with Crippen LogP contribution >= 0.6 is 22.7 Å². The van der Waals surface area contributed by atoms with E-state index in [9.17, 15) is 9.59 Å². The first-order chi connectivity index (χ1) is 18.0. The third-order valence-electron chi connectivity index (χ3n) is 6.04. The lowest BCUT2D eigenvalue weighted by atomic mass is 9.93. The minimum atomic E-state index is -0.701.